The molecule has 11 heteroatoms. The number of piperazine rings is 1. The van der Waals surface area contributed by atoms with Crippen LogP contribution in [-0.2, 0) is 9.59 Å². The van der Waals surface area contributed by atoms with Crippen molar-refractivity contribution in [2.45, 2.75) is 18.9 Å². The number of nitro benzene ring substituents is 1. The van der Waals surface area contributed by atoms with E-state index < -0.39 is 10.8 Å². The van der Waals surface area contributed by atoms with Crippen LogP contribution in [0.5, 0.6) is 0 Å². The van der Waals surface area contributed by atoms with E-state index in [2.05, 4.69) is 21.1 Å². The van der Waals surface area contributed by atoms with Gasteiger partial charge in [-0.3, -0.25) is 45.1 Å². The molecule has 2 fully saturated rings. The van der Waals surface area contributed by atoms with Crippen molar-refractivity contribution in [1.29, 1.82) is 0 Å². The predicted octanol–water partition coefficient (Wildman–Crippen LogP) is -0.748. The van der Waals surface area contributed by atoms with E-state index >= 15 is 0 Å². The Labute approximate surface area is 167 Å². The standard InChI is InChI=1S/C18H24N6O5/c25-16(19-14-4-5-14)11-22-6-8-23(9-7-22)12-17(26)20-21-18(27)13-2-1-3-15(10-13)24(28)29/h1-3,10,14H,4-9,11-12H2,(H,19,25)(H,20,26)(H,21,27). The van der Waals surface area contributed by atoms with E-state index in [0.29, 0.717) is 38.8 Å². The Balaban J connectivity index is 1.35. The lowest BCUT2D eigenvalue weighted by molar-refractivity contribution is -0.384. The summed E-state index contributed by atoms with van der Waals surface area (Å²) in [6.07, 6.45) is 2.12. The third kappa shape index (κ3) is 6.50. The number of carbonyl (C=O) groups excluding carboxylic acids is 3. The highest BCUT2D eigenvalue weighted by Crippen LogP contribution is 2.18. The Morgan fingerprint density at radius 1 is 1.00 bits per heavy atom. The van der Waals surface area contributed by atoms with E-state index in [-0.39, 0.29) is 29.6 Å². The summed E-state index contributed by atoms with van der Waals surface area (Å²) in [5, 5.41) is 13.7. The Morgan fingerprint density at radius 2 is 1.62 bits per heavy atom. The van der Waals surface area contributed by atoms with Crippen molar-refractivity contribution in [3.63, 3.8) is 0 Å². The van der Waals surface area contributed by atoms with Crippen LogP contribution in [0, 0.1) is 10.1 Å². The van der Waals surface area contributed by atoms with Crippen molar-refractivity contribution in [1.82, 2.24) is 26.0 Å². The average Bonchev–Trinajstić information content (AvgIpc) is 3.51. The first-order valence-corrected chi connectivity index (χ1v) is 9.48. The van der Waals surface area contributed by atoms with Crippen LogP contribution in [0.2, 0.25) is 0 Å². The van der Waals surface area contributed by atoms with E-state index in [1.165, 1.54) is 18.2 Å². The molecular formula is C18H24N6O5. The van der Waals surface area contributed by atoms with Gasteiger partial charge in [0.25, 0.3) is 17.5 Å². The van der Waals surface area contributed by atoms with E-state index in [9.17, 15) is 24.5 Å². The zero-order chi connectivity index (χ0) is 20.8. The topological polar surface area (TPSA) is 137 Å². The monoisotopic (exact) mass is 404 g/mol. The molecule has 1 aliphatic heterocycles. The van der Waals surface area contributed by atoms with Crippen LogP contribution in [0.25, 0.3) is 0 Å². The molecule has 0 bridgehead atoms. The number of non-ortho nitro benzene ring substituents is 1. The minimum Gasteiger partial charge on any atom is -0.352 e. The van der Waals surface area contributed by atoms with Gasteiger partial charge >= 0.3 is 0 Å². The Morgan fingerprint density at radius 3 is 2.21 bits per heavy atom. The fourth-order valence-corrected chi connectivity index (χ4v) is 3.01. The number of nitro groups is 1. The lowest BCUT2D eigenvalue weighted by Crippen LogP contribution is -2.53. The molecule has 0 radical (unpaired) electrons. The molecule has 1 heterocycles. The number of hydrogen-bond acceptors (Lipinski definition) is 7. The Hall–Kier alpha value is -3.05. The average molecular weight is 404 g/mol. The minimum absolute atomic E-state index is 0.0440. The highest BCUT2D eigenvalue weighted by atomic mass is 16.6. The number of nitrogens with zero attached hydrogens (tertiary/aromatic N) is 3. The molecule has 2 aliphatic rings. The molecule has 3 amide bonds. The third-order valence-corrected chi connectivity index (χ3v) is 4.78. The SMILES string of the molecule is O=C(CN1CCN(CC(=O)NC2CC2)CC1)NNC(=O)c1cccc([N+](=O)[O-])c1. The number of nitrogens with one attached hydrogen (secondary N) is 3. The van der Waals surface area contributed by atoms with Gasteiger partial charge in [-0.1, -0.05) is 6.07 Å². The quantitative estimate of drug-likeness (QED) is 0.402. The maximum absolute atomic E-state index is 12.1. The van der Waals surface area contributed by atoms with Gasteiger partial charge in [0.1, 0.15) is 0 Å². The molecule has 1 saturated carbocycles. The van der Waals surface area contributed by atoms with Crippen LogP contribution in [0.15, 0.2) is 24.3 Å². The van der Waals surface area contributed by atoms with Crippen molar-refractivity contribution in [2.75, 3.05) is 39.3 Å². The number of benzene rings is 1. The molecular weight excluding hydrogens is 380 g/mol. The number of amides is 3. The predicted molar refractivity (Wildman–Crippen MR) is 103 cm³/mol. The highest BCUT2D eigenvalue weighted by Gasteiger charge is 2.25. The highest BCUT2D eigenvalue weighted by molar-refractivity contribution is 5.96. The zero-order valence-electron chi connectivity index (χ0n) is 15.9. The van der Waals surface area contributed by atoms with Crippen molar-refractivity contribution >= 4 is 23.4 Å². The van der Waals surface area contributed by atoms with Crippen LogP contribution in [-0.4, -0.2) is 77.8 Å². The van der Waals surface area contributed by atoms with Crippen molar-refractivity contribution < 1.29 is 19.3 Å². The van der Waals surface area contributed by atoms with Crippen LogP contribution < -0.4 is 16.2 Å². The largest absolute Gasteiger partial charge is 0.352 e. The molecule has 0 unspecified atom stereocenters. The fraction of sp³-hybridized carbons (Fsp3) is 0.500. The first-order chi connectivity index (χ1) is 13.9. The maximum atomic E-state index is 12.1. The van der Waals surface area contributed by atoms with Gasteiger partial charge in [-0.15, -0.1) is 0 Å². The van der Waals surface area contributed by atoms with Crippen LogP contribution in [0.4, 0.5) is 5.69 Å². The van der Waals surface area contributed by atoms with Crippen LogP contribution in [0.3, 0.4) is 0 Å². The molecule has 3 N–H and O–H groups in total. The summed E-state index contributed by atoms with van der Waals surface area (Å²) in [6.45, 7) is 3.13. The molecule has 156 valence electrons. The van der Waals surface area contributed by atoms with E-state index in [0.717, 1.165) is 18.9 Å². The van der Waals surface area contributed by atoms with Gasteiger partial charge in [-0.25, -0.2) is 0 Å². The summed E-state index contributed by atoms with van der Waals surface area (Å²) in [6, 6.07) is 5.60. The van der Waals surface area contributed by atoms with Gasteiger partial charge in [0.15, 0.2) is 0 Å². The molecule has 1 aromatic carbocycles. The summed E-state index contributed by atoms with van der Waals surface area (Å²) in [5.41, 5.74) is 4.46. The molecule has 1 aliphatic carbocycles. The lowest BCUT2D eigenvalue weighted by atomic mass is 10.2. The van der Waals surface area contributed by atoms with Crippen molar-refractivity contribution in [3.05, 3.63) is 39.9 Å². The number of hydrazine groups is 1. The second-order valence-electron chi connectivity index (χ2n) is 7.20. The minimum atomic E-state index is -0.631. The number of hydrogen-bond donors (Lipinski definition) is 3. The molecule has 29 heavy (non-hydrogen) atoms. The maximum Gasteiger partial charge on any atom is 0.270 e. The smallest absolute Gasteiger partial charge is 0.270 e. The zero-order valence-corrected chi connectivity index (χ0v) is 15.9. The van der Waals surface area contributed by atoms with Gasteiger partial charge in [0.05, 0.1) is 18.0 Å². The van der Waals surface area contributed by atoms with E-state index in [1.54, 1.807) is 0 Å². The second-order valence-corrected chi connectivity index (χ2v) is 7.20. The summed E-state index contributed by atoms with van der Waals surface area (Å²) in [7, 11) is 0. The lowest BCUT2D eigenvalue weighted by Gasteiger charge is -2.33. The molecule has 0 atom stereocenters. The van der Waals surface area contributed by atoms with Gasteiger partial charge in [-0.05, 0) is 18.9 Å². The van der Waals surface area contributed by atoms with E-state index in [1.807, 2.05) is 4.90 Å². The Bertz CT molecular complexity index is 789. The molecule has 11 nitrogen and oxygen atoms in total. The first-order valence-electron chi connectivity index (χ1n) is 9.48. The van der Waals surface area contributed by atoms with Gasteiger partial charge < -0.3 is 5.32 Å². The summed E-state index contributed by atoms with van der Waals surface area (Å²) < 4.78 is 0. The van der Waals surface area contributed by atoms with Crippen molar-refractivity contribution in [2.24, 2.45) is 0 Å². The third-order valence-electron chi connectivity index (χ3n) is 4.78. The second kappa shape index (κ2) is 9.43. The molecule has 1 saturated heterocycles. The summed E-state index contributed by atoms with van der Waals surface area (Å²) in [5.74, 6) is -0.972. The van der Waals surface area contributed by atoms with Gasteiger partial charge in [0, 0.05) is 49.9 Å². The molecule has 0 aromatic heterocycles. The van der Waals surface area contributed by atoms with Crippen LogP contribution in [0.1, 0.15) is 23.2 Å². The molecule has 1 aromatic rings. The molecule has 3 rings (SSSR count). The number of carbonyl (C=O) groups is 3. The first kappa shape index (κ1) is 20.7. The van der Waals surface area contributed by atoms with Crippen molar-refractivity contribution in [3.8, 4) is 0 Å². The van der Waals surface area contributed by atoms with Crippen LogP contribution >= 0.6 is 0 Å². The number of rotatable bonds is 7. The summed E-state index contributed by atoms with van der Waals surface area (Å²) in [4.78, 5) is 50.1. The van der Waals surface area contributed by atoms with Gasteiger partial charge in [0.2, 0.25) is 5.91 Å². The normalized spacial score (nSPS) is 17.4. The summed E-state index contributed by atoms with van der Waals surface area (Å²) >= 11 is 0. The van der Waals surface area contributed by atoms with E-state index in [4.69, 9.17) is 0 Å². The van der Waals surface area contributed by atoms with Gasteiger partial charge in [-0.2, -0.15) is 0 Å². The molecule has 0 spiro atoms. The Kier molecular flexibility index (Phi) is 6.73. The fourth-order valence-electron chi connectivity index (χ4n) is 3.01.